The molecule has 1 aromatic heterocycles. The molecular weight excluding hydrogens is 364 g/mol. The van der Waals surface area contributed by atoms with Crippen LogP contribution in [0.2, 0.25) is 0 Å². The molecule has 0 spiro atoms. The Labute approximate surface area is 167 Å². The molecular formula is C20H31ClN4O2. The summed E-state index contributed by atoms with van der Waals surface area (Å²) < 4.78 is 5.18. The molecule has 3 N–H and O–H groups in total. The fourth-order valence-corrected chi connectivity index (χ4v) is 2.82. The average molecular weight is 395 g/mol. The largest absolute Gasteiger partial charge is 0.481 e. The van der Waals surface area contributed by atoms with Gasteiger partial charge in [0.1, 0.15) is 0 Å². The Hall–Kier alpha value is -2.18. The van der Waals surface area contributed by atoms with Gasteiger partial charge in [0, 0.05) is 36.5 Å². The molecule has 150 valence electrons. The zero-order valence-electron chi connectivity index (χ0n) is 16.9. The van der Waals surface area contributed by atoms with Gasteiger partial charge in [-0.25, -0.2) is 4.98 Å². The van der Waals surface area contributed by atoms with Gasteiger partial charge in [0.2, 0.25) is 5.88 Å². The summed E-state index contributed by atoms with van der Waals surface area (Å²) in [5, 5.41) is 10.4. The first-order valence-corrected chi connectivity index (χ1v) is 9.28. The van der Waals surface area contributed by atoms with Gasteiger partial charge >= 0.3 is 0 Å². The van der Waals surface area contributed by atoms with Gasteiger partial charge in [-0.3, -0.25) is 0 Å². The number of hydrogen-bond acceptors (Lipinski definition) is 6. The van der Waals surface area contributed by atoms with E-state index in [-0.39, 0.29) is 6.61 Å². The van der Waals surface area contributed by atoms with Crippen molar-refractivity contribution >= 4 is 17.3 Å². The molecule has 0 aliphatic carbocycles. The molecule has 0 radical (unpaired) electrons. The number of methoxy groups -OCH3 is 1. The fourth-order valence-electron chi connectivity index (χ4n) is 2.75. The summed E-state index contributed by atoms with van der Waals surface area (Å²) in [7, 11) is 3.60. The van der Waals surface area contributed by atoms with Crippen LogP contribution < -0.4 is 15.4 Å². The number of ether oxygens (including phenoxy) is 1. The minimum Gasteiger partial charge on any atom is -0.481 e. The van der Waals surface area contributed by atoms with Crippen LogP contribution in [-0.2, 0) is 0 Å². The third-order valence-electron chi connectivity index (χ3n) is 4.07. The minimum absolute atomic E-state index is 0.128. The van der Waals surface area contributed by atoms with Crippen LogP contribution in [0, 0.1) is 6.92 Å². The lowest BCUT2D eigenvalue weighted by Crippen LogP contribution is -2.37. The Balaban J connectivity index is 3.12. The molecule has 0 aromatic carbocycles. The summed E-state index contributed by atoms with van der Waals surface area (Å²) >= 11 is 5.92. The van der Waals surface area contributed by atoms with Crippen LogP contribution in [0.5, 0.6) is 5.88 Å². The third-order valence-corrected chi connectivity index (χ3v) is 4.19. The molecule has 27 heavy (non-hydrogen) atoms. The van der Waals surface area contributed by atoms with Crippen LogP contribution in [0.25, 0.3) is 0 Å². The van der Waals surface area contributed by atoms with Crippen LogP contribution in [0.4, 0.5) is 5.69 Å². The lowest BCUT2D eigenvalue weighted by atomic mass is 10.1. The molecule has 1 rings (SSSR count). The van der Waals surface area contributed by atoms with E-state index in [9.17, 15) is 5.11 Å². The van der Waals surface area contributed by atoms with Crippen LogP contribution in [-0.4, -0.2) is 49.0 Å². The van der Waals surface area contributed by atoms with E-state index in [2.05, 4.69) is 21.7 Å². The van der Waals surface area contributed by atoms with Crippen molar-refractivity contribution in [2.24, 2.45) is 5.73 Å². The van der Waals surface area contributed by atoms with Crippen LogP contribution in [0.15, 0.2) is 46.9 Å². The van der Waals surface area contributed by atoms with E-state index in [0.717, 1.165) is 29.9 Å². The second kappa shape index (κ2) is 11.5. The number of hydrogen-bond donors (Lipinski definition) is 2. The number of aliphatic hydroxyl groups is 1. The SMILES string of the molecule is CCCN(CN(C)c1cnc(OC)cc1C)C(=C\N)/C(=C\C=C(/C)Cl)CO. The first kappa shape index (κ1) is 22.9. The number of anilines is 1. The van der Waals surface area contributed by atoms with Gasteiger partial charge in [0.15, 0.2) is 0 Å². The lowest BCUT2D eigenvalue weighted by molar-refractivity contribution is 0.306. The van der Waals surface area contributed by atoms with E-state index in [0.29, 0.717) is 23.2 Å². The van der Waals surface area contributed by atoms with Crippen molar-refractivity contribution in [1.29, 1.82) is 0 Å². The minimum atomic E-state index is -0.128. The first-order valence-electron chi connectivity index (χ1n) is 8.90. The predicted octanol–water partition coefficient (Wildman–Crippen LogP) is 3.37. The zero-order chi connectivity index (χ0) is 20.4. The molecule has 0 atom stereocenters. The molecule has 0 aliphatic rings. The summed E-state index contributed by atoms with van der Waals surface area (Å²) in [5.41, 5.74) is 9.47. The van der Waals surface area contributed by atoms with E-state index >= 15 is 0 Å². The van der Waals surface area contributed by atoms with Gasteiger partial charge in [-0.05, 0) is 31.9 Å². The van der Waals surface area contributed by atoms with Crippen molar-refractivity contribution in [3.63, 3.8) is 0 Å². The summed E-state index contributed by atoms with van der Waals surface area (Å²) in [4.78, 5) is 8.53. The highest BCUT2D eigenvalue weighted by molar-refractivity contribution is 6.29. The molecule has 0 saturated carbocycles. The molecule has 0 amide bonds. The number of halogens is 1. The van der Waals surface area contributed by atoms with Crippen LogP contribution in [0.3, 0.4) is 0 Å². The maximum atomic E-state index is 9.81. The topological polar surface area (TPSA) is 74.9 Å². The summed E-state index contributed by atoms with van der Waals surface area (Å²) in [6.45, 7) is 7.16. The predicted molar refractivity (Wildman–Crippen MR) is 113 cm³/mol. The van der Waals surface area contributed by atoms with Crippen molar-refractivity contribution in [2.75, 3.05) is 38.9 Å². The van der Waals surface area contributed by atoms with Gasteiger partial charge in [-0.1, -0.05) is 24.6 Å². The lowest BCUT2D eigenvalue weighted by Gasteiger charge is -2.33. The van der Waals surface area contributed by atoms with Gasteiger partial charge in [-0.15, -0.1) is 0 Å². The average Bonchev–Trinajstić information content (AvgIpc) is 2.64. The van der Waals surface area contributed by atoms with Gasteiger partial charge in [0.05, 0.1) is 38.0 Å². The Morgan fingerprint density at radius 1 is 1.41 bits per heavy atom. The number of aromatic nitrogens is 1. The number of rotatable bonds is 10. The summed E-state index contributed by atoms with van der Waals surface area (Å²) in [6.07, 6.45) is 7.81. The summed E-state index contributed by atoms with van der Waals surface area (Å²) in [6, 6.07) is 1.91. The molecule has 0 saturated heterocycles. The Kier molecular flexibility index (Phi) is 9.75. The first-order chi connectivity index (χ1) is 12.9. The number of aliphatic hydroxyl groups excluding tert-OH is 1. The van der Waals surface area contributed by atoms with Crippen molar-refractivity contribution in [1.82, 2.24) is 9.88 Å². The van der Waals surface area contributed by atoms with Crippen LogP contribution in [0.1, 0.15) is 25.8 Å². The van der Waals surface area contributed by atoms with Crippen molar-refractivity contribution in [2.45, 2.75) is 27.2 Å². The smallest absolute Gasteiger partial charge is 0.213 e. The van der Waals surface area contributed by atoms with Crippen molar-refractivity contribution in [3.8, 4) is 5.88 Å². The van der Waals surface area contributed by atoms with E-state index in [1.54, 1.807) is 32.4 Å². The second-order valence-corrected chi connectivity index (χ2v) is 6.87. The van der Waals surface area contributed by atoms with Crippen molar-refractivity contribution in [3.05, 3.63) is 52.5 Å². The highest BCUT2D eigenvalue weighted by Gasteiger charge is 2.16. The van der Waals surface area contributed by atoms with E-state index in [4.69, 9.17) is 22.1 Å². The molecule has 0 aliphatic heterocycles. The van der Waals surface area contributed by atoms with E-state index in [1.807, 2.05) is 20.0 Å². The Bertz CT molecular complexity index is 697. The normalized spacial score (nSPS) is 12.9. The number of allylic oxidation sites excluding steroid dienone is 3. The highest BCUT2D eigenvalue weighted by atomic mass is 35.5. The Morgan fingerprint density at radius 2 is 2.11 bits per heavy atom. The monoisotopic (exact) mass is 394 g/mol. The molecule has 1 heterocycles. The quantitative estimate of drug-likeness (QED) is 0.468. The molecule has 0 bridgehead atoms. The molecule has 6 nitrogen and oxygen atoms in total. The van der Waals surface area contributed by atoms with Gasteiger partial charge < -0.3 is 25.4 Å². The summed E-state index contributed by atoms with van der Waals surface area (Å²) in [5.74, 6) is 0.589. The number of aryl methyl sites for hydroxylation is 1. The standard InChI is InChI=1S/C20H31ClN4O2/c1-6-9-25(18(11-22)17(13-26)8-7-16(3)21)14-24(4)19-12-23-20(27-5)10-15(19)2/h7-8,10-12,26H,6,9,13-14,22H2,1-5H3/b16-7+,17-8-,18-11-. The Morgan fingerprint density at radius 3 is 2.59 bits per heavy atom. The maximum Gasteiger partial charge on any atom is 0.213 e. The van der Waals surface area contributed by atoms with Gasteiger partial charge in [0.25, 0.3) is 0 Å². The molecule has 0 unspecified atom stereocenters. The van der Waals surface area contributed by atoms with Crippen LogP contribution >= 0.6 is 11.6 Å². The number of nitrogens with zero attached hydrogens (tertiary/aromatic N) is 3. The third kappa shape index (κ3) is 6.81. The highest BCUT2D eigenvalue weighted by Crippen LogP contribution is 2.23. The maximum absolute atomic E-state index is 9.81. The van der Waals surface area contributed by atoms with E-state index in [1.165, 1.54) is 6.20 Å². The zero-order valence-corrected chi connectivity index (χ0v) is 17.6. The second-order valence-electron chi connectivity index (χ2n) is 6.27. The van der Waals surface area contributed by atoms with Gasteiger partial charge in [-0.2, -0.15) is 0 Å². The molecule has 1 aromatic rings. The number of pyridine rings is 1. The van der Waals surface area contributed by atoms with Crippen molar-refractivity contribution < 1.29 is 9.84 Å². The number of nitrogens with two attached hydrogens (primary N) is 1. The fraction of sp³-hybridized carbons (Fsp3) is 0.450. The molecule has 7 heteroatoms. The molecule has 0 fully saturated rings. The van der Waals surface area contributed by atoms with E-state index < -0.39 is 0 Å².